The van der Waals surface area contributed by atoms with E-state index >= 15 is 0 Å². The van der Waals surface area contributed by atoms with Gasteiger partial charge in [0.1, 0.15) is 16.8 Å². The van der Waals surface area contributed by atoms with Crippen LogP contribution in [0.1, 0.15) is 0 Å². The van der Waals surface area contributed by atoms with Crippen molar-refractivity contribution in [3.63, 3.8) is 0 Å². The van der Waals surface area contributed by atoms with Crippen molar-refractivity contribution in [2.24, 2.45) is 0 Å². The van der Waals surface area contributed by atoms with E-state index in [0.717, 1.165) is 77.8 Å². The Hall–Kier alpha value is -8.55. The van der Waals surface area contributed by atoms with Gasteiger partial charge in [-0.1, -0.05) is 164 Å². The summed E-state index contributed by atoms with van der Waals surface area (Å²) in [5, 5.41) is 3.32. The summed E-state index contributed by atoms with van der Waals surface area (Å²) in [5.74, 6) is 2.50. The fourth-order valence-electron chi connectivity index (χ4n) is 8.48. The molecule has 0 saturated carbocycles. The largest absolute Gasteiger partial charge is 0.452 e. The van der Waals surface area contributed by atoms with E-state index in [4.69, 9.17) is 29.3 Å². The van der Waals surface area contributed by atoms with Gasteiger partial charge in [-0.25, -0.2) is 24.9 Å². The first-order valence-corrected chi connectivity index (χ1v) is 20.6. The van der Waals surface area contributed by atoms with Gasteiger partial charge >= 0.3 is 0 Å². The Bertz CT molecular complexity index is 3560. The lowest BCUT2D eigenvalue weighted by atomic mass is 10.00. The van der Waals surface area contributed by atoms with E-state index in [1.54, 1.807) is 0 Å². The number of hydrogen-bond donors (Lipinski definition) is 0. The van der Waals surface area contributed by atoms with Crippen molar-refractivity contribution in [3.05, 3.63) is 206 Å². The van der Waals surface area contributed by atoms with Crippen LogP contribution in [-0.2, 0) is 0 Å². The van der Waals surface area contributed by atoms with Gasteiger partial charge in [0.25, 0.3) is 0 Å². The minimum absolute atomic E-state index is 0.612. The van der Waals surface area contributed by atoms with Crippen LogP contribution in [0, 0.1) is 0 Å². The summed E-state index contributed by atoms with van der Waals surface area (Å²) in [6.45, 7) is 0. The molecule has 7 heteroatoms. The molecule has 7 nitrogen and oxygen atoms in total. The van der Waals surface area contributed by atoms with Crippen LogP contribution in [0.2, 0.25) is 0 Å². The molecular formula is C55H34N6O. The second-order valence-corrected chi connectivity index (χ2v) is 15.3. The minimum Gasteiger partial charge on any atom is -0.452 e. The van der Waals surface area contributed by atoms with Gasteiger partial charge in [-0.2, -0.15) is 0 Å². The number of hydrogen-bond acceptors (Lipinski definition) is 6. The zero-order valence-electron chi connectivity index (χ0n) is 33.2. The van der Waals surface area contributed by atoms with E-state index in [0.29, 0.717) is 28.9 Å². The molecule has 4 heterocycles. The molecule has 0 aliphatic rings. The summed E-state index contributed by atoms with van der Waals surface area (Å²) in [6.07, 6.45) is 0. The number of nitrogens with zero attached hydrogens (tertiary/aromatic N) is 6. The molecule has 0 amide bonds. The van der Waals surface area contributed by atoms with Crippen molar-refractivity contribution in [1.29, 1.82) is 0 Å². The molecule has 0 N–H and O–H groups in total. The monoisotopic (exact) mass is 794 g/mol. The van der Waals surface area contributed by atoms with Crippen LogP contribution >= 0.6 is 0 Å². The zero-order chi connectivity index (χ0) is 41.0. The fourth-order valence-corrected chi connectivity index (χ4v) is 8.48. The molecule has 4 aromatic heterocycles. The highest BCUT2D eigenvalue weighted by molar-refractivity contribution is 6.11. The molecular weight excluding hydrogens is 761 g/mol. The van der Waals surface area contributed by atoms with Crippen LogP contribution in [0.25, 0.3) is 117 Å². The maximum absolute atomic E-state index is 6.56. The molecule has 0 unspecified atom stereocenters. The van der Waals surface area contributed by atoms with E-state index in [1.165, 1.54) is 10.8 Å². The third-order valence-electron chi connectivity index (χ3n) is 11.5. The zero-order valence-corrected chi connectivity index (χ0v) is 33.2. The minimum atomic E-state index is 0.612. The second kappa shape index (κ2) is 14.6. The number of para-hydroxylation sites is 3. The van der Waals surface area contributed by atoms with Gasteiger partial charge in [0.2, 0.25) is 0 Å². The molecule has 12 rings (SSSR count). The molecule has 0 atom stereocenters. The Morgan fingerprint density at radius 1 is 0.323 bits per heavy atom. The highest BCUT2D eigenvalue weighted by atomic mass is 16.3. The Balaban J connectivity index is 0.965. The molecule has 12 aromatic rings. The first kappa shape index (κ1) is 35.4. The first-order chi connectivity index (χ1) is 30.7. The number of fused-ring (bicyclic) bond motifs is 6. The maximum Gasteiger partial charge on any atom is 0.180 e. The Labute approximate surface area is 356 Å². The Morgan fingerprint density at radius 2 is 0.839 bits per heavy atom. The highest BCUT2D eigenvalue weighted by Crippen LogP contribution is 2.39. The lowest BCUT2D eigenvalue weighted by molar-refractivity contribution is 0.667. The highest BCUT2D eigenvalue weighted by Gasteiger charge is 2.20. The quantitative estimate of drug-likeness (QED) is 0.160. The van der Waals surface area contributed by atoms with Gasteiger partial charge in [0, 0.05) is 49.7 Å². The lowest BCUT2D eigenvalue weighted by Crippen LogP contribution is -2.00. The van der Waals surface area contributed by atoms with Gasteiger partial charge in [0.15, 0.2) is 28.9 Å². The summed E-state index contributed by atoms with van der Waals surface area (Å²) in [7, 11) is 0. The predicted octanol–water partition coefficient (Wildman–Crippen LogP) is 13.7. The smallest absolute Gasteiger partial charge is 0.180 e. The predicted molar refractivity (Wildman–Crippen MR) is 250 cm³/mol. The summed E-state index contributed by atoms with van der Waals surface area (Å²) in [6, 6.07) is 70.6. The van der Waals surface area contributed by atoms with Crippen LogP contribution in [0.4, 0.5) is 0 Å². The van der Waals surface area contributed by atoms with E-state index in [9.17, 15) is 0 Å². The molecule has 0 radical (unpaired) electrons. The SMILES string of the molecule is c1ccc(-c2nc(-c3ccccc3)nc(-c3ccc(-c4cccc(-c5nc(-c6ccc7c8ccccc8n(-c8ccccc8)c7c6)nc6c5oc5ccccc56)c4)cc3)n2)cc1. The third-order valence-corrected chi connectivity index (χ3v) is 11.5. The molecule has 0 saturated heterocycles. The molecule has 0 aliphatic heterocycles. The third kappa shape index (κ3) is 6.11. The van der Waals surface area contributed by atoms with Crippen molar-refractivity contribution in [2.45, 2.75) is 0 Å². The summed E-state index contributed by atoms with van der Waals surface area (Å²) < 4.78 is 8.88. The number of benzene rings is 8. The maximum atomic E-state index is 6.56. The summed E-state index contributed by atoms with van der Waals surface area (Å²) in [4.78, 5) is 25.3. The van der Waals surface area contributed by atoms with E-state index in [1.807, 2.05) is 84.9 Å². The average molecular weight is 795 g/mol. The van der Waals surface area contributed by atoms with Crippen molar-refractivity contribution >= 4 is 43.9 Å². The van der Waals surface area contributed by atoms with E-state index in [-0.39, 0.29) is 0 Å². The van der Waals surface area contributed by atoms with Crippen molar-refractivity contribution in [3.8, 4) is 73.6 Å². The van der Waals surface area contributed by atoms with Crippen LogP contribution in [0.3, 0.4) is 0 Å². The Morgan fingerprint density at radius 3 is 1.55 bits per heavy atom. The normalized spacial score (nSPS) is 11.5. The molecule has 0 spiro atoms. The van der Waals surface area contributed by atoms with Crippen LogP contribution < -0.4 is 0 Å². The second-order valence-electron chi connectivity index (χ2n) is 15.3. The number of furan rings is 1. The van der Waals surface area contributed by atoms with Crippen LogP contribution in [-0.4, -0.2) is 29.5 Å². The fraction of sp³-hybridized carbons (Fsp3) is 0. The van der Waals surface area contributed by atoms with Crippen molar-refractivity contribution in [1.82, 2.24) is 29.5 Å². The van der Waals surface area contributed by atoms with E-state index in [2.05, 4.69) is 126 Å². The first-order valence-electron chi connectivity index (χ1n) is 20.6. The number of rotatable bonds is 7. The topological polar surface area (TPSA) is 82.5 Å². The standard InChI is InChI=1S/C55H34N6O/c1-4-15-36(16-5-1)52-58-53(37-17-6-2-7-18-37)60-54(59-52)38-29-27-35(28-30-38)39-19-14-20-40(33-39)49-51-50(45-24-11-13-26-48(45)62-51)57-55(56-49)41-31-32-44-43-23-10-12-25-46(43)61(47(44)34-41)42-21-8-3-9-22-42/h1-34H. The molecule has 62 heavy (non-hydrogen) atoms. The molecule has 0 bridgehead atoms. The van der Waals surface area contributed by atoms with Gasteiger partial charge in [-0.3, -0.25) is 0 Å². The molecule has 290 valence electrons. The van der Waals surface area contributed by atoms with Gasteiger partial charge < -0.3 is 8.98 Å². The molecule has 0 aliphatic carbocycles. The van der Waals surface area contributed by atoms with Gasteiger partial charge in [0.05, 0.1) is 11.0 Å². The van der Waals surface area contributed by atoms with Gasteiger partial charge in [-0.05, 0) is 53.6 Å². The van der Waals surface area contributed by atoms with Gasteiger partial charge in [-0.15, -0.1) is 0 Å². The average Bonchev–Trinajstić information content (AvgIpc) is 3.90. The Kier molecular flexibility index (Phi) is 8.35. The van der Waals surface area contributed by atoms with Crippen LogP contribution in [0.15, 0.2) is 211 Å². The lowest BCUT2D eigenvalue weighted by Gasteiger charge is -2.11. The summed E-state index contributed by atoms with van der Waals surface area (Å²) >= 11 is 0. The van der Waals surface area contributed by atoms with Crippen molar-refractivity contribution in [2.75, 3.05) is 0 Å². The van der Waals surface area contributed by atoms with Crippen LogP contribution in [0.5, 0.6) is 0 Å². The van der Waals surface area contributed by atoms with E-state index < -0.39 is 0 Å². The van der Waals surface area contributed by atoms with Crippen molar-refractivity contribution < 1.29 is 4.42 Å². The summed E-state index contributed by atoms with van der Waals surface area (Å²) in [5.41, 5.74) is 13.0. The number of aromatic nitrogens is 6. The molecule has 0 fully saturated rings. The molecule has 8 aromatic carbocycles.